The van der Waals surface area contributed by atoms with Gasteiger partial charge in [-0.1, -0.05) is 0 Å². The first-order chi connectivity index (χ1) is 11.1. The average molecular weight is 313 g/mol. The number of carbonyl (C=O) groups excluding carboxylic acids is 1. The Bertz CT molecular complexity index is 694. The van der Waals surface area contributed by atoms with Gasteiger partial charge in [0, 0.05) is 51.2 Å². The number of aromatic amines is 1. The van der Waals surface area contributed by atoms with Gasteiger partial charge in [-0.3, -0.25) is 14.9 Å². The van der Waals surface area contributed by atoms with Crippen LogP contribution >= 0.6 is 0 Å². The van der Waals surface area contributed by atoms with Crippen molar-refractivity contribution >= 4 is 11.6 Å². The number of piperidine rings is 1. The number of H-pyrrole nitrogens is 1. The largest absolute Gasteiger partial charge is 0.371 e. The first-order valence-electron chi connectivity index (χ1n) is 7.98. The molecule has 3 rings (SSSR count). The Morgan fingerprint density at radius 2 is 2.22 bits per heavy atom. The van der Waals surface area contributed by atoms with Crippen molar-refractivity contribution in [2.45, 2.75) is 25.7 Å². The van der Waals surface area contributed by atoms with E-state index in [1.165, 1.54) is 11.3 Å². The summed E-state index contributed by atoms with van der Waals surface area (Å²) < 4.78 is 0. The zero-order valence-corrected chi connectivity index (χ0v) is 13.9. The summed E-state index contributed by atoms with van der Waals surface area (Å²) in [5, 5.41) is 7.18. The number of amides is 1. The van der Waals surface area contributed by atoms with Crippen molar-refractivity contribution in [2.24, 2.45) is 0 Å². The number of hydrogen-bond acceptors (Lipinski definition) is 4. The Labute approximate surface area is 136 Å². The van der Waals surface area contributed by atoms with Gasteiger partial charge in [-0.25, -0.2) is 0 Å². The summed E-state index contributed by atoms with van der Waals surface area (Å²) in [6.07, 6.45) is 7.55. The molecular weight excluding hydrogens is 290 g/mol. The molecule has 1 aliphatic rings. The van der Waals surface area contributed by atoms with E-state index in [-0.39, 0.29) is 11.8 Å². The minimum absolute atomic E-state index is 0.00552. The van der Waals surface area contributed by atoms with Crippen LogP contribution in [-0.2, 0) is 0 Å². The fourth-order valence-corrected chi connectivity index (χ4v) is 3.27. The number of rotatable bonds is 3. The third-order valence-corrected chi connectivity index (χ3v) is 4.47. The van der Waals surface area contributed by atoms with Crippen molar-refractivity contribution in [3.05, 3.63) is 41.5 Å². The van der Waals surface area contributed by atoms with E-state index in [0.717, 1.165) is 31.6 Å². The van der Waals surface area contributed by atoms with Crippen molar-refractivity contribution in [3.8, 4) is 0 Å². The second-order valence-electron chi connectivity index (χ2n) is 6.34. The van der Waals surface area contributed by atoms with Crippen molar-refractivity contribution in [3.63, 3.8) is 0 Å². The van der Waals surface area contributed by atoms with E-state index < -0.39 is 0 Å². The lowest BCUT2D eigenvalue weighted by atomic mass is 9.91. The Balaban J connectivity index is 1.84. The van der Waals surface area contributed by atoms with E-state index in [4.69, 9.17) is 0 Å². The van der Waals surface area contributed by atoms with Gasteiger partial charge in [0.25, 0.3) is 5.91 Å². The molecule has 1 unspecified atom stereocenters. The third kappa shape index (κ3) is 3.06. The highest BCUT2D eigenvalue weighted by molar-refractivity contribution is 5.94. The van der Waals surface area contributed by atoms with Crippen molar-refractivity contribution in [1.82, 2.24) is 20.1 Å². The van der Waals surface area contributed by atoms with Crippen LogP contribution in [-0.4, -0.2) is 53.2 Å². The number of nitrogens with one attached hydrogen (secondary N) is 1. The van der Waals surface area contributed by atoms with Crippen molar-refractivity contribution in [2.75, 3.05) is 32.1 Å². The number of nitrogens with zero attached hydrogens (tertiary/aromatic N) is 4. The molecular formula is C17H23N5O. The van der Waals surface area contributed by atoms with Crippen LogP contribution in [0.2, 0.25) is 0 Å². The SMILES string of the molecule is Cc1cnccc1N1CCCC(c2[nH]ncc2C(=O)N(C)C)C1. The molecule has 0 bridgehead atoms. The molecule has 2 aromatic heterocycles. The molecule has 6 nitrogen and oxygen atoms in total. The van der Waals surface area contributed by atoms with Gasteiger partial charge in [0.1, 0.15) is 0 Å². The van der Waals surface area contributed by atoms with Crippen LogP contribution in [0, 0.1) is 6.92 Å². The standard InChI is InChI=1S/C17H23N5O/c1-12-9-18-7-6-15(12)22-8-4-5-13(11-22)16-14(10-19-20-16)17(23)21(2)3/h6-7,9-10,13H,4-5,8,11H2,1-3H3,(H,19,20). The van der Waals surface area contributed by atoms with Gasteiger partial charge >= 0.3 is 0 Å². The third-order valence-electron chi connectivity index (χ3n) is 4.47. The Hall–Kier alpha value is -2.37. The second-order valence-corrected chi connectivity index (χ2v) is 6.34. The van der Waals surface area contributed by atoms with E-state index in [0.29, 0.717) is 5.56 Å². The number of carbonyl (C=O) groups is 1. The van der Waals surface area contributed by atoms with Crippen LogP contribution in [0.3, 0.4) is 0 Å². The first-order valence-corrected chi connectivity index (χ1v) is 7.98. The molecule has 1 saturated heterocycles. The van der Waals surface area contributed by atoms with E-state index in [1.54, 1.807) is 25.2 Å². The van der Waals surface area contributed by atoms with Gasteiger partial charge in [0.15, 0.2) is 0 Å². The number of anilines is 1. The summed E-state index contributed by atoms with van der Waals surface area (Å²) in [6, 6.07) is 2.07. The molecule has 1 aliphatic heterocycles. The van der Waals surface area contributed by atoms with Gasteiger partial charge < -0.3 is 9.80 Å². The summed E-state index contributed by atoms with van der Waals surface area (Å²) in [4.78, 5) is 20.5. The van der Waals surface area contributed by atoms with Crippen molar-refractivity contribution in [1.29, 1.82) is 0 Å². The lowest BCUT2D eigenvalue weighted by Gasteiger charge is -2.35. The Morgan fingerprint density at radius 3 is 2.96 bits per heavy atom. The van der Waals surface area contributed by atoms with Crippen LogP contribution < -0.4 is 4.90 Å². The highest BCUT2D eigenvalue weighted by atomic mass is 16.2. The fraction of sp³-hybridized carbons (Fsp3) is 0.471. The van der Waals surface area contributed by atoms with Gasteiger partial charge in [-0.15, -0.1) is 0 Å². The molecule has 3 heterocycles. The molecule has 1 N–H and O–H groups in total. The molecule has 2 aromatic rings. The quantitative estimate of drug-likeness (QED) is 0.943. The maximum Gasteiger partial charge on any atom is 0.256 e. The van der Waals surface area contributed by atoms with Gasteiger partial charge in [0.05, 0.1) is 17.5 Å². The highest BCUT2D eigenvalue weighted by Gasteiger charge is 2.27. The predicted octanol–water partition coefficient (Wildman–Crippen LogP) is 2.20. The lowest BCUT2D eigenvalue weighted by molar-refractivity contribution is 0.0826. The summed E-state index contributed by atoms with van der Waals surface area (Å²) in [7, 11) is 3.54. The Kier molecular flexibility index (Phi) is 4.32. The number of aryl methyl sites for hydroxylation is 1. The zero-order valence-electron chi connectivity index (χ0n) is 13.9. The van der Waals surface area contributed by atoms with E-state index in [9.17, 15) is 4.79 Å². The molecule has 23 heavy (non-hydrogen) atoms. The summed E-state index contributed by atoms with van der Waals surface area (Å²) in [6.45, 7) is 4.01. The summed E-state index contributed by atoms with van der Waals surface area (Å²) in [5.74, 6) is 0.295. The minimum Gasteiger partial charge on any atom is -0.371 e. The van der Waals surface area contributed by atoms with Crippen LogP contribution in [0.15, 0.2) is 24.7 Å². The predicted molar refractivity (Wildman–Crippen MR) is 89.8 cm³/mol. The van der Waals surface area contributed by atoms with Crippen LogP contribution in [0.4, 0.5) is 5.69 Å². The molecule has 0 spiro atoms. The lowest BCUT2D eigenvalue weighted by Crippen LogP contribution is -2.35. The van der Waals surface area contributed by atoms with Gasteiger partial charge in [-0.05, 0) is 31.4 Å². The monoisotopic (exact) mass is 313 g/mol. The van der Waals surface area contributed by atoms with E-state index >= 15 is 0 Å². The molecule has 0 radical (unpaired) electrons. The molecule has 1 atom stereocenters. The van der Waals surface area contributed by atoms with Gasteiger partial charge in [-0.2, -0.15) is 5.10 Å². The number of hydrogen-bond donors (Lipinski definition) is 1. The molecule has 1 amide bonds. The Morgan fingerprint density at radius 1 is 1.39 bits per heavy atom. The molecule has 0 aliphatic carbocycles. The van der Waals surface area contributed by atoms with Crippen LogP contribution in [0.5, 0.6) is 0 Å². The molecule has 6 heteroatoms. The average Bonchev–Trinajstić information content (AvgIpc) is 3.04. The fourth-order valence-electron chi connectivity index (χ4n) is 3.27. The molecule has 0 saturated carbocycles. The number of aromatic nitrogens is 3. The smallest absolute Gasteiger partial charge is 0.256 e. The second kappa shape index (κ2) is 6.40. The normalized spacial score (nSPS) is 18.0. The molecule has 122 valence electrons. The van der Waals surface area contributed by atoms with Crippen molar-refractivity contribution < 1.29 is 4.79 Å². The van der Waals surface area contributed by atoms with E-state index in [2.05, 4.69) is 33.1 Å². The van der Waals surface area contributed by atoms with Crippen LogP contribution in [0.25, 0.3) is 0 Å². The van der Waals surface area contributed by atoms with Gasteiger partial charge in [0.2, 0.25) is 0 Å². The van der Waals surface area contributed by atoms with E-state index in [1.807, 2.05) is 12.4 Å². The summed E-state index contributed by atoms with van der Waals surface area (Å²) >= 11 is 0. The maximum atomic E-state index is 12.3. The first kappa shape index (κ1) is 15.5. The maximum absolute atomic E-state index is 12.3. The van der Waals surface area contributed by atoms with Crippen LogP contribution in [0.1, 0.15) is 40.4 Å². The topological polar surface area (TPSA) is 65.1 Å². The highest BCUT2D eigenvalue weighted by Crippen LogP contribution is 2.31. The number of pyridine rings is 1. The molecule has 0 aromatic carbocycles. The summed E-state index contributed by atoms with van der Waals surface area (Å²) in [5.41, 5.74) is 4.06. The minimum atomic E-state index is 0.00552. The zero-order chi connectivity index (χ0) is 16.4. The molecule has 1 fully saturated rings.